The first-order chi connectivity index (χ1) is 13.8. The predicted octanol–water partition coefficient (Wildman–Crippen LogP) is 1.89. The summed E-state index contributed by atoms with van der Waals surface area (Å²) in [7, 11) is 1.46. The van der Waals surface area contributed by atoms with Crippen LogP contribution in [-0.2, 0) is 10.0 Å². The van der Waals surface area contributed by atoms with Gasteiger partial charge in [0.05, 0.1) is 19.1 Å². The molecule has 0 unspecified atom stereocenters. The monoisotopic (exact) mass is 419 g/mol. The number of likely N-dealkylation sites (N-methyl/N-ethyl adjacent to an activating group) is 1. The van der Waals surface area contributed by atoms with Gasteiger partial charge in [0.2, 0.25) is 10.0 Å². The third kappa shape index (κ3) is 4.69. The Morgan fingerprint density at radius 2 is 1.55 bits per heavy atom. The Morgan fingerprint density at radius 3 is 2.14 bits per heavy atom. The molecule has 0 bridgehead atoms. The molecule has 1 fully saturated rings. The number of ether oxygens (including phenoxy) is 2. The van der Waals surface area contributed by atoms with Crippen LogP contribution in [0, 0.1) is 0 Å². The van der Waals surface area contributed by atoms with E-state index in [0.29, 0.717) is 48.9 Å². The average molecular weight is 420 g/mol. The van der Waals surface area contributed by atoms with Crippen molar-refractivity contribution >= 4 is 21.6 Å². The summed E-state index contributed by atoms with van der Waals surface area (Å²) in [5, 5.41) is 2.77. The highest BCUT2D eigenvalue weighted by molar-refractivity contribution is 7.89. The number of rotatable bonds is 6. The van der Waals surface area contributed by atoms with Crippen molar-refractivity contribution in [3.63, 3.8) is 0 Å². The van der Waals surface area contributed by atoms with Crippen molar-refractivity contribution in [1.29, 1.82) is 0 Å². The van der Waals surface area contributed by atoms with E-state index in [1.807, 2.05) is 7.05 Å². The number of nitrogens with zero attached hydrogens (tertiary/aromatic N) is 2. The van der Waals surface area contributed by atoms with Gasteiger partial charge in [0, 0.05) is 43.5 Å². The minimum atomic E-state index is -3.56. The van der Waals surface area contributed by atoms with Gasteiger partial charge in [-0.15, -0.1) is 0 Å². The number of anilines is 1. The normalized spacial score (nSPS) is 15.7. The maximum Gasteiger partial charge on any atom is 0.255 e. The van der Waals surface area contributed by atoms with Crippen molar-refractivity contribution < 1.29 is 22.7 Å². The quantitative estimate of drug-likeness (QED) is 0.769. The zero-order valence-corrected chi connectivity index (χ0v) is 17.5. The minimum Gasteiger partial charge on any atom is -0.493 e. The van der Waals surface area contributed by atoms with E-state index in [0.717, 1.165) is 0 Å². The molecule has 1 amide bonds. The maximum atomic E-state index is 12.8. The number of amides is 1. The number of nitrogens with one attached hydrogen (secondary N) is 1. The van der Waals surface area contributed by atoms with E-state index in [9.17, 15) is 13.2 Å². The number of carbonyl (C=O) groups is 1. The lowest BCUT2D eigenvalue weighted by atomic mass is 10.2. The molecular formula is C20H25N3O5S. The summed E-state index contributed by atoms with van der Waals surface area (Å²) in [6, 6.07) is 11.0. The summed E-state index contributed by atoms with van der Waals surface area (Å²) in [5.41, 5.74) is 0.902. The highest BCUT2D eigenvalue weighted by Gasteiger charge is 2.27. The molecule has 8 nitrogen and oxygen atoms in total. The fourth-order valence-electron chi connectivity index (χ4n) is 3.07. The van der Waals surface area contributed by atoms with Gasteiger partial charge in [0.1, 0.15) is 0 Å². The largest absolute Gasteiger partial charge is 0.493 e. The summed E-state index contributed by atoms with van der Waals surface area (Å²) in [4.78, 5) is 14.8. The molecule has 1 saturated heterocycles. The maximum absolute atomic E-state index is 12.8. The van der Waals surface area contributed by atoms with Gasteiger partial charge in [-0.3, -0.25) is 4.79 Å². The molecule has 0 saturated carbocycles. The van der Waals surface area contributed by atoms with E-state index in [2.05, 4.69) is 10.2 Å². The molecule has 0 aliphatic carbocycles. The van der Waals surface area contributed by atoms with Crippen LogP contribution in [-0.4, -0.2) is 71.0 Å². The van der Waals surface area contributed by atoms with E-state index < -0.39 is 10.0 Å². The van der Waals surface area contributed by atoms with E-state index in [1.54, 1.807) is 18.2 Å². The second-order valence-corrected chi connectivity index (χ2v) is 8.69. The minimum absolute atomic E-state index is 0.185. The van der Waals surface area contributed by atoms with Crippen molar-refractivity contribution in [1.82, 2.24) is 9.21 Å². The van der Waals surface area contributed by atoms with E-state index >= 15 is 0 Å². The number of hydrogen-bond donors (Lipinski definition) is 1. The van der Waals surface area contributed by atoms with Crippen LogP contribution < -0.4 is 14.8 Å². The van der Waals surface area contributed by atoms with Crippen molar-refractivity contribution in [3.8, 4) is 11.5 Å². The second-order valence-electron chi connectivity index (χ2n) is 6.76. The standard InChI is InChI=1S/C20H25N3O5S/c1-22-10-12-23(13-11-22)29(25,26)17-7-4-15(5-8-17)20(24)21-16-6-9-18(27-2)19(14-16)28-3/h4-9,14H,10-13H2,1-3H3,(H,21,24). The second kappa shape index (κ2) is 8.81. The van der Waals surface area contributed by atoms with Crippen molar-refractivity contribution in [2.75, 3.05) is 52.8 Å². The van der Waals surface area contributed by atoms with Crippen LogP contribution >= 0.6 is 0 Å². The molecule has 2 aromatic rings. The third-order valence-electron chi connectivity index (χ3n) is 4.86. The summed E-state index contributed by atoms with van der Waals surface area (Å²) < 4.78 is 37.4. The fourth-order valence-corrected chi connectivity index (χ4v) is 4.50. The zero-order valence-electron chi connectivity index (χ0n) is 16.7. The fraction of sp³-hybridized carbons (Fsp3) is 0.350. The summed E-state index contributed by atoms with van der Waals surface area (Å²) in [6.45, 7) is 2.32. The highest BCUT2D eigenvalue weighted by atomic mass is 32.2. The molecule has 0 radical (unpaired) electrons. The lowest BCUT2D eigenvalue weighted by molar-refractivity contribution is 0.102. The molecule has 1 aliphatic heterocycles. The average Bonchev–Trinajstić information content (AvgIpc) is 2.74. The summed E-state index contributed by atoms with van der Waals surface area (Å²) in [6.07, 6.45) is 0. The van der Waals surface area contributed by atoms with Gasteiger partial charge in [-0.05, 0) is 43.4 Å². The van der Waals surface area contributed by atoms with Crippen LogP contribution in [0.15, 0.2) is 47.4 Å². The van der Waals surface area contributed by atoms with Crippen molar-refractivity contribution in [2.45, 2.75) is 4.90 Å². The van der Waals surface area contributed by atoms with Crippen LogP contribution in [0.4, 0.5) is 5.69 Å². The lowest BCUT2D eigenvalue weighted by Crippen LogP contribution is -2.47. The van der Waals surface area contributed by atoms with Gasteiger partial charge >= 0.3 is 0 Å². The first kappa shape index (κ1) is 21.1. The van der Waals surface area contributed by atoms with Gasteiger partial charge in [0.25, 0.3) is 5.91 Å². The topological polar surface area (TPSA) is 88.2 Å². The van der Waals surface area contributed by atoms with Gasteiger partial charge in [-0.25, -0.2) is 8.42 Å². The molecule has 0 spiro atoms. The lowest BCUT2D eigenvalue weighted by Gasteiger charge is -2.31. The van der Waals surface area contributed by atoms with E-state index in [4.69, 9.17) is 9.47 Å². The van der Waals surface area contributed by atoms with Crippen LogP contribution in [0.25, 0.3) is 0 Å². The highest BCUT2D eigenvalue weighted by Crippen LogP contribution is 2.30. The smallest absolute Gasteiger partial charge is 0.255 e. The first-order valence-electron chi connectivity index (χ1n) is 9.17. The molecule has 0 atom stereocenters. The van der Waals surface area contributed by atoms with Gasteiger partial charge in [-0.1, -0.05) is 0 Å². The molecule has 3 rings (SSSR count). The molecule has 0 aromatic heterocycles. The van der Waals surface area contributed by atoms with Gasteiger partial charge in [0.15, 0.2) is 11.5 Å². The van der Waals surface area contributed by atoms with Crippen LogP contribution in [0.1, 0.15) is 10.4 Å². The van der Waals surface area contributed by atoms with E-state index in [-0.39, 0.29) is 10.8 Å². The Balaban J connectivity index is 1.72. The molecular weight excluding hydrogens is 394 g/mol. The summed E-state index contributed by atoms with van der Waals surface area (Å²) in [5.74, 6) is 0.712. The SMILES string of the molecule is COc1ccc(NC(=O)c2ccc(S(=O)(=O)N3CCN(C)CC3)cc2)cc1OC. The number of benzene rings is 2. The molecule has 156 valence electrons. The number of hydrogen-bond acceptors (Lipinski definition) is 6. The van der Waals surface area contributed by atoms with Gasteiger partial charge in [-0.2, -0.15) is 4.31 Å². The van der Waals surface area contributed by atoms with Crippen LogP contribution in [0.5, 0.6) is 11.5 Å². The van der Waals surface area contributed by atoms with Crippen molar-refractivity contribution in [2.24, 2.45) is 0 Å². The molecule has 1 aliphatic rings. The van der Waals surface area contributed by atoms with Crippen LogP contribution in [0.3, 0.4) is 0 Å². The number of sulfonamides is 1. The summed E-state index contributed by atoms with van der Waals surface area (Å²) >= 11 is 0. The predicted molar refractivity (Wildman–Crippen MR) is 110 cm³/mol. The van der Waals surface area contributed by atoms with E-state index in [1.165, 1.54) is 42.8 Å². The molecule has 1 heterocycles. The Labute approximate surface area is 171 Å². The first-order valence-corrected chi connectivity index (χ1v) is 10.6. The third-order valence-corrected chi connectivity index (χ3v) is 6.77. The molecule has 9 heteroatoms. The molecule has 29 heavy (non-hydrogen) atoms. The number of carbonyl (C=O) groups excluding carboxylic acids is 1. The Hall–Kier alpha value is -2.62. The Bertz CT molecular complexity index is 968. The molecule has 2 aromatic carbocycles. The number of methoxy groups -OCH3 is 2. The van der Waals surface area contributed by atoms with Crippen molar-refractivity contribution in [3.05, 3.63) is 48.0 Å². The Morgan fingerprint density at radius 1 is 0.931 bits per heavy atom. The van der Waals surface area contributed by atoms with Crippen LogP contribution in [0.2, 0.25) is 0 Å². The zero-order chi connectivity index (χ0) is 21.0. The Kier molecular flexibility index (Phi) is 6.41. The molecule has 1 N–H and O–H groups in total. The van der Waals surface area contributed by atoms with Gasteiger partial charge < -0.3 is 19.7 Å². The number of piperazine rings is 1.